The Morgan fingerprint density at radius 1 is 1.08 bits per heavy atom. The Morgan fingerprint density at radius 3 is 2.42 bits per heavy atom. The summed E-state index contributed by atoms with van der Waals surface area (Å²) in [6, 6.07) is 9.97. The van der Waals surface area contributed by atoms with Gasteiger partial charge in [-0.25, -0.2) is 21.9 Å². The minimum absolute atomic E-state index is 0.0307. The Hall–Kier alpha value is -2.32. The maximum atomic E-state index is 13.5. The highest BCUT2D eigenvalue weighted by Crippen LogP contribution is 2.15. The first-order valence-electron chi connectivity index (χ1n) is 8.05. The highest BCUT2D eigenvalue weighted by Gasteiger charge is 2.19. The summed E-state index contributed by atoms with van der Waals surface area (Å²) >= 11 is 0. The first-order valence-corrected chi connectivity index (χ1v) is 9.53. The molecule has 8 heteroatoms. The predicted octanol–water partition coefficient (Wildman–Crippen LogP) is 2.65. The van der Waals surface area contributed by atoms with Crippen molar-refractivity contribution in [3.63, 3.8) is 0 Å². The number of amides is 1. The van der Waals surface area contributed by atoms with Crippen molar-refractivity contribution in [2.45, 2.75) is 31.2 Å². The molecule has 0 saturated heterocycles. The fourth-order valence-corrected chi connectivity index (χ4v) is 3.35. The van der Waals surface area contributed by atoms with Crippen LogP contribution in [0.15, 0.2) is 47.4 Å². The van der Waals surface area contributed by atoms with Crippen molar-refractivity contribution in [3.8, 4) is 0 Å². The first-order chi connectivity index (χ1) is 12.3. The number of benzene rings is 2. The van der Waals surface area contributed by atoms with E-state index in [-0.39, 0.29) is 25.3 Å². The van der Waals surface area contributed by atoms with Gasteiger partial charge in [-0.2, -0.15) is 0 Å². The number of carbonyl (C=O) groups excluding carboxylic acids is 1. The number of rotatable bonds is 8. The van der Waals surface area contributed by atoms with Gasteiger partial charge in [0.1, 0.15) is 16.5 Å². The minimum Gasteiger partial charge on any atom is -0.352 e. The number of hydrogen-bond donors (Lipinski definition) is 2. The summed E-state index contributed by atoms with van der Waals surface area (Å²) in [5.74, 6) is -2.22. The molecule has 0 unspecified atom stereocenters. The van der Waals surface area contributed by atoms with E-state index in [0.29, 0.717) is 12.6 Å². The lowest BCUT2D eigenvalue weighted by molar-refractivity contribution is -0.121. The van der Waals surface area contributed by atoms with Gasteiger partial charge in [-0.15, -0.1) is 0 Å². The molecule has 0 fully saturated rings. The molecule has 2 aromatic carbocycles. The van der Waals surface area contributed by atoms with Crippen LogP contribution in [0, 0.1) is 18.6 Å². The van der Waals surface area contributed by atoms with Crippen LogP contribution in [0.1, 0.15) is 24.0 Å². The molecule has 0 bridgehead atoms. The summed E-state index contributed by atoms with van der Waals surface area (Å²) in [6.45, 7) is 2.34. The smallest absolute Gasteiger partial charge is 0.243 e. The van der Waals surface area contributed by atoms with Crippen LogP contribution < -0.4 is 10.0 Å². The molecular weight excluding hydrogens is 362 g/mol. The van der Waals surface area contributed by atoms with E-state index in [2.05, 4.69) is 10.0 Å². The van der Waals surface area contributed by atoms with Gasteiger partial charge in [-0.3, -0.25) is 4.79 Å². The molecule has 2 N–H and O–H groups in total. The highest BCUT2D eigenvalue weighted by atomic mass is 32.2. The van der Waals surface area contributed by atoms with Crippen molar-refractivity contribution in [3.05, 3.63) is 65.2 Å². The average Bonchev–Trinajstić information content (AvgIpc) is 2.58. The molecule has 0 saturated carbocycles. The molecule has 1 amide bonds. The molecule has 0 aliphatic rings. The molecule has 0 aliphatic heterocycles. The van der Waals surface area contributed by atoms with E-state index in [4.69, 9.17) is 0 Å². The van der Waals surface area contributed by atoms with Crippen molar-refractivity contribution in [2.75, 3.05) is 6.54 Å². The van der Waals surface area contributed by atoms with Gasteiger partial charge in [-0.05, 0) is 31.0 Å². The Kier molecular flexibility index (Phi) is 6.82. The van der Waals surface area contributed by atoms with Crippen molar-refractivity contribution >= 4 is 15.9 Å². The molecule has 0 spiro atoms. The number of carbonyl (C=O) groups is 1. The minimum atomic E-state index is -4.09. The fraction of sp³-hybridized carbons (Fsp3) is 0.278. The summed E-state index contributed by atoms with van der Waals surface area (Å²) in [4.78, 5) is 11.2. The van der Waals surface area contributed by atoms with Gasteiger partial charge in [0, 0.05) is 25.6 Å². The number of sulfonamides is 1. The van der Waals surface area contributed by atoms with Gasteiger partial charge in [0.2, 0.25) is 15.9 Å². The van der Waals surface area contributed by atoms with Gasteiger partial charge < -0.3 is 5.32 Å². The highest BCUT2D eigenvalue weighted by molar-refractivity contribution is 7.89. The Labute approximate surface area is 151 Å². The fourth-order valence-electron chi connectivity index (χ4n) is 2.22. The molecule has 0 atom stereocenters. The van der Waals surface area contributed by atoms with Crippen LogP contribution in [0.5, 0.6) is 0 Å². The lowest BCUT2D eigenvalue weighted by Crippen LogP contribution is -2.28. The molecule has 0 aliphatic carbocycles. The normalized spacial score (nSPS) is 11.3. The van der Waals surface area contributed by atoms with Crippen molar-refractivity contribution in [1.29, 1.82) is 0 Å². The van der Waals surface area contributed by atoms with Crippen molar-refractivity contribution in [2.24, 2.45) is 0 Å². The third-order valence-corrected chi connectivity index (χ3v) is 5.16. The zero-order valence-electron chi connectivity index (χ0n) is 14.3. The molecule has 0 aromatic heterocycles. The molecule has 2 rings (SSSR count). The van der Waals surface area contributed by atoms with Crippen LogP contribution in [0.2, 0.25) is 0 Å². The van der Waals surface area contributed by atoms with Crippen LogP contribution in [0.4, 0.5) is 8.78 Å². The summed E-state index contributed by atoms with van der Waals surface area (Å²) in [5.41, 5.74) is 2.10. The number of halogens is 2. The van der Waals surface area contributed by atoms with E-state index >= 15 is 0 Å². The van der Waals surface area contributed by atoms with Crippen LogP contribution in [0.3, 0.4) is 0 Å². The van der Waals surface area contributed by atoms with E-state index in [0.717, 1.165) is 23.3 Å². The van der Waals surface area contributed by atoms with Gasteiger partial charge >= 0.3 is 0 Å². The standard InChI is InChI=1S/C18H20F2N2O3S/c1-13-4-6-14(7-5-13)12-21-18(23)3-2-10-22-26(24,25)17-9-8-15(19)11-16(17)20/h4-9,11,22H,2-3,10,12H2,1H3,(H,21,23). The zero-order valence-corrected chi connectivity index (χ0v) is 15.1. The monoisotopic (exact) mass is 382 g/mol. The zero-order chi connectivity index (χ0) is 19.2. The Balaban J connectivity index is 1.75. The number of hydrogen-bond acceptors (Lipinski definition) is 3. The van der Waals surface area contributed by atoms with Gasteiger partial charge in [0.05, 0.1) is 0 Å². The van der Waals surface area contributed by atoms with Crippen LogP contribution in [0.25, 0.3) is 0 Å². The summed E-state index contributed by atoms with van der Waals surface area (Å²) in [5, 5.41) is 2.75. The van der Waals surface area contributed by atoms with E-state index in [1.165, 1.54) is 0 Å². The largest absolute Gasteiger partial charge is 0.352 e. The van der Waals surface area contributed by atoms with Crippen LogP contribution >= 0.6 is 0 Å². The molecular formula is C18H20F2N2O3S. The molecule has 0 radical (unpaired) electrons. The topological polar surface area (TPSA) is 75.3 Å². The van der Waals surface area contributed by atoms with E-state index in [9.17, 15) is 22.0 Å². The maximum absolute atomic E-state index is 13.5. The summed E-state index contributed by atoms with van der Waals surface area (Å²) in [6.07, 6.45) is 0.377. The molecule has 26 heavy (non-hydrogen) atoms. The van der Waals surface area contributed by atoms with Gasteiger partial charge in [0.25, 0.3) is 0 Å². The molecule has 2 aromatic rings. The predicted molar refractivity (Wildman–Crippen MR) is 93.8 cm³/mol. The number of aryl methyl sites for hydroxylation is 1. The van der Waals surface area contributed by atoms with E-state index in [1.54, 1.807) is 0 Å². The maximum Gasteiger partial charge on any atom is 0.243 e. The lowest BCUT2D eigenvalue weighted by atomic mass is 10.1. The molecule has 0 heterocycles. The average molecular weight is 382 g/mol. The second-order valence-electron chi connectivity index (χ2n) is 5.84. The van der Waals surface area contributed by atoms with Crippen LogP contribution in [-0.4, -0.2) is 20.9 Å². The van der Waals surface area contributed by atoms with E-state index < -0.39 is 26.6 Å². The number of nitrogens with one attached hydrogen (secondary N) is 2. The second kappa shape index (κ2) is 8.86. The summed E-state index contributed by atoms with van der Waals surface area (Å²) < 4.78 is 52.5. The van der Waals surface area contributed by atoms with Crippen molar-refractivity contribution in [1.82, 2.24) is 10.0 Å². The van der Waals surface area contributed by atoms with Crippen LogP contribution in [-0.2, 0) is 21.4 Å². The molecule has 5 nitrogen and oxygen atoms in total. The lowest BCUT2D eigenvalue weighted by Gasteiger charge is -2.08. The van der Waals surface area contributed by atoms with E-state index in [1.807, 2.05) is 31.2 Å². The Morgan fingerprint density at radius 2 is 1.77 bits per heavy atom. The van der Waals surface area contributed by atoms with Gasteiger partial charge in [0.15, 0.2) is 0 Å². The molecule has 140 valence electrons. The third kappa shape index (κ3) is 5.89. The second-order valence-corrected chi connectivity index (χ2v) is 7.57. The quantitative estimate of drug-likeness (QED) is 0.689. The SMILES string of the molecule is Cc1ccc(CNC(=O)CCCNS(=O)(=O)c2ccc(F)cc2F)cc1. The third-order valence-electron chi connectivity index (χ3n) is 3.67. The van der Waals surface area contributed by atoms with Crippen molar-refractivity contribution < 1.29 is 22.0 Å². The summed E-state index contributed by atoms with van der Waals surface area (Å²) in [7, 11) is -4.09. The Bertz CT molecular complexity index is 869. The van der Waals surface area contributed by atoms with Gasteiger partial charge in [-0.1, -0.05) is 29.8 Å². The first kappa shape index (κ1) is 20.0.